The summed E-state index contributed by atoms with van der Waals surface area (Å²) in [5.74, 6) is -0.266. The van der Waals surface area contributed by atoms with Crippen LogP contribution in [0.3, 0.4) is 0 Å². The van der Waals surface area contributed by atoms with Crippen LogP contribution < -0.4 is 0 Å². The Balaban J connectivity index is 4.53. The SMILES string of the molecule is CCSSN(C(=O)CC(C)SSC)[C@@H](C)C(=O)O. The first-order valence-electron chi connectivity index (χ1n) is 5.47. The van der Waals surface area contributed by atoms with Crippen LogP contribution in [0.1, 0.15) is 27.2 Å². The highest BCUT2D eigenvalue weighted by Crippen LogP contribution is 2.31. The van der Waals surface area contributed by atoms with Crippen molar-refractivity contribution in [2.45, 2.75) is 38.5 Å². The smallest absolute Gasteiger partial charge is 0.327 e. The van der Waals surface area contributed by atoms with E-state index < -0.39 is 12.0 Å². The summed E-state index contributed by atoms with van der Waals surface area (Å²) >= 11 is 0. The molecule has 0 fully saturated rings. The third-order valence-corrected chi connectivity index (χ3v) is 6.71. The lowest BCUT2D eigenvalue weighted by atomic mass is 10.3. The zero-order valence-corrected chi connectivity index (χ0v) is 14.2. The molecule has 0 aromatic carbocycles. The van der Waals surface area contributed by atoms with E-state index in [1.165, 1.54) is 33.0 Å². The highest BCUT2D eigenvalue weighted by atomic mass is 33.1. The van der Waals surface area contributed by atoms with E-state index in [-0.39, 0.29) is 11.2 Å². The van der Waals surface area contributed by atoms with Crippen molar-refractivity contribution >= 4 is 55.2 Å². The number of hydrogen-bond acceptors (Lipinski definition) is 6. The summed E-state index contributed by atoms with van der Waals surface area (Å²) in [6, 6.07) is -0.798. The van der Waals surface area contributed by atoms with Gasteiger partial charge in [0.05, 0.1) is 0 Å². The van der Waals surface area contributed by atoms with Gasteiger partial charge in [0.25, 0.3) is 0 Å². The van der Waals surface area contributed by atoms with Crippen molar-refractivity contribution in [1.82, 2.24) is 4.31 Å². The zero-order chi connectivity index (χ0) is 14.1. The molecule has 0 bridgehead atoms. The van der Waals surface area contributed by atoms with Gasteiger partial charge < -0.3 is 5.11 Å². The van der Waals surface area contributed by atoms with E-state index in [0.717, 1.165) is 5.75 Å². The number of rotatable bonds is 9. The number of carbonyl (C=O) groups is 2. The summed E-state index contributed by atoms with van der Waals surface area (Å²) in [6.45, 7) is 5.48. The number of amides is 1. The molecule has 0 aromatic heterocycles. The Kier molecular flexibility index (Phi) is 10.4. The summed E-state index contributed by atoms with van der Waals surface area (Å²) < 4.78 is 1.37. The van der Waals surface area contributed by atoms with E-state index in [4.69, 9.17) is 5.11 Å². The van der Waals surface area contributed by atoms with Gasteiger partial charge in [-0.25, -0.2) is 4.79 Å². The fourth-order valence-corrected chi connectivity index (χ4v) is 4.68. The summed E-state index contributed by atoms with van der Waals surface area (Å²) in [4.78, 5) is 23.1. The Bertz CT molecular complexity index is 278. The Labute approximate surface area is 124 Å². The lowest BCUT2D eigenvalue weighted by Crippen LogP contribution is -2.38. The van der Waals surface area contributed by atoms with Gasteiger partial charge in [0.1, 0.15) is 6.04 Å². The minimum Gasteiger partial charge on any atom is -0.480 e. The van der Waals surface area contributed by atoms with Gasteiger partial charge in [0.15, 0.2) is 0 Å². The third kappa shape index (κ3) is 7.06. The molecular formula is C10H19NO3S4. The Morgan fingerprint density at radius 1 is 1.33 bits per heavy atom. The molecule has 1 N–H and O–H groups in total. The van der Waals surface area contributed by atoms with E-state index in [2.05, 4.69) is 0 Å². The number of carboxylic acid groups (broad SMARTS) is 1. The molecule has 0 aliphatic heterocycles. The second kappa shape index (κ2) is 10.2. The van der Waals surface area contributed by atoms with Crippen LogP contribution in [-0.4, -0.2) is 44.6 Å². The van der Waals surface area contributed by atoms with Crippen LogP contribution >= 0.6 is 43.4 Å². The number of carboxylic acids is 1. The minimum atomic E-state index is -0.974. The van der Waals surface area contributed by atoms with Crippen molar-refractivity contribution in [2.75, 3.05) is 12.0 Å². The van der Waals surface area contributed by atoms with Gasteiger partial charge >= 0.3 is 5.97 Å². The molecule has 4 nitrogen and oxygen atoms in total. The predicted octanol–water partition coefficient (Wildman–Crippen LogP) is 3.39. The van der Waals surface area contributed by atoms with E-state index in [0.29, 0.717) is 6.42 Å². The van der Waals surface area contributed by atoms with Gasteiger partial charge in [-0.2, -0.15) is 0 Å². The van der Waals surface area contributed by atoms with Crippen molar-refractivity contribution in [3.8, 4) is 0 Å². The quantitative estimate of drug-likeness (QED) is 0.514. The highest BCUT2D eigenvalue weighted by Gasteiger charge is 2.27. The van der Waals surface area contributed by atoms with Crippen molar-refractivity contribution in [3.63, 3.8) is 0 Å². The number of nitrogens with zero attached hydrogens (tertiary/aromatic N) is 1. The summed E-state index contributed by atoms with van der Waals surface area (Å²) in [6.07, 6.45) is 2.32. The fourth-order valence-electron chi connectivity index (χ4n) is 1.07. The van der Waals surface area contributed by atoms with E-state index in [1.54, 1.807) is 21.6 Å². The summed E-state index contributed by atoms with van der Waals surface area (Å²) in [5.41, 5.74) is 0. The van der Waals surface area contributed by atoms with Crippen molar-refractivity contribution in [1.29, 1.82) is 0 Å². The van der Waals surface area contributed by atoms with Crippen molar-refractivity contribution in [3.05, 3.63) is 0 Å². The number of carbonyl (C=O) groups excluding carboxylic acids is 1. The van der Waals surface area contributed by atoms with Crippen molar-refractivity contribution < 1.29 is 14.7 Å². The van der Waals surface area contributed by atoms with Gasteiger partial charge in [-0.05, 0) is 13.2 Å². The zero-order valence-electron chi connectivity index (χ0n) is 10.9. The maximum absolute atomic E-state index is 12.1. The molecule has 0 saturated heterocycles. The molecule has 18 heavy (non-hydrogen) atoms. The normalized spacial score (nSPS) is 14.0. The molecule has 0 aliphatic rings. The first kappa shape index (κ1) is 18.3. The standard InChI is InChI=1S/C10H19NO3S4/c1-5-16-18-11(8(3)10(13)14)9(12)6-7(2)17-15-4/h7-8H,5-6H2,1-4H3,(H,13,14)/t7?,8-/m0/s1. The largest absolute Gasteiger partial charge is 0.480 e. The molecule has 0 radical (unpaired) electrons. The molecule has 0 rings (SSSR count). The van der Waals surface area contributed by atoms with Crippen LogP contribution in [0, 0.1) is 0 Å². The Morgan fingerprint density at radius 2 is 1.94 bits per heavy atom. The van der Waals surface area contributed by atoms with E-state index in [1.807, 2.05) is 20.1 Å². The first-order chi connectivity index (χ1) is 8.43. The topological polar surface area (TPSA) is 57.6 Å². The summed E-state index contributed by atoms with van der Waals surface area (Å²) in [5, 5.41) is 9.20. The van der Waals surface area contributed by atoms with Crippen LogP contribution in [0.25, 0.3) is 0 Å². The van der Waals surface area contributed by atoms with Crippen LogP contribution in [0.4, 0.5) is 0 Å². The summed E-state index contributed by atoms with van der Waals surface area (Å²) in [7, 11) is 5.95. The maximum Gasteiger partial charge on any atom is 0.327 e. The Morgan fingerprint density at radius 3 is 2.39 bits per heavy atom. The molecule has 0 saturated carbocycles. The van der Waals surface area contributed by atoms with Crippen LogP contribution in [0.5, 0.6) is 0 Å². The van der Waals surface area contributed by atoms with Crippen molar-refractivity contribution in [2.24, 2.45) is 0 Å². The molecule has 106 valence electrons. The van der Waals surface area contributed by atoms with E-state index >= 15 is 0 Å². The molecule has 1 amide bonds. The predicted molar refractivity (Wildman–Crippen MR) is 84.9 cm³/mol. The van der Waals surface area contributed by atoms with E-state index in [9.17, 15) is 9.59 Å². The van der Waals surface area contributed by atoms with Gasteiger partial charge in [0, 0.05) is 28.4 Å². The molecular weight excluding hydrogens is 310 g/mol. The maximum atomic E-state index is 12.1. The monoisotopic (exact) mass is 329 g/mol. The molecule has 0 heterocycles. The molecule has 0 aromatic rings. The number of hydrogen-bond donors (Lipinski definition) is 1. The average Bonchev–Trinajstić information content (AvgIpc) is 2.29. The molecule has 2 atom stereocenters. The van der Waals surface area contributed by atoms with Crippen LogP contribution in [-0.2, 0) is 9.59 Å². The van der Waals surface area contributed by atoms with Gasteiger partial charge in [-0.1, -0.05) is 46.2 Å². The van der Waals surface area contributed by atoms with Crippen LogP contribution in [0.15, 0.2) is 0 Å². The molecule has 8 heteroatoms. The average molecular weight is 330 g/mol. The lowest BCUT2D eigenvalue weighted by Gasteiger charge is -2.25. The molecule has 0 spiro atoms. The third-order valence-electron chi connectivity index (χ3n) is 1.93. The Hall–Kier alpha value is 0.340. The fraction of sp³-hybridized carbons (Fsp3) is 0.800. The van der Waals surface area contributed by atoms with Crippen LogP contribution in [0.2, 0.25) is 0 Å². The highest BCUT2D eigenvalue weighted by molar-refractivity contribution is 8.76. The second-order valence-corrected chi connectivity index (χ2v) is 8.91. The van der Waals surface area contributed by atoms with Gasteiger partial charge in [0.2, 0.25) is 5.91 Å². The van der Waals surface area contributed by atoms with Gasteiger partial charge in [-0.15, -0.1) is 0 Å². The second-order valence-electron chi connectivity index (χ2n) is 3.49. The minimum absolute atomic E-state index is 0.120. The molecule has 0 aliphatic carbocycles. The lowest BCUT2D eigenvalue weighted by molar-refractivity contribution is -0.144. The van der Waals surface area contributed by atoms with Gasteiger partial charge in [-0.3, -0.25) is 9.10 Å². The first-order valence-corrected chi connectivity index (χ1v) is 10.4. The number of aliphatic carboxylic acids is 1. The molecule has 1 unspecified atom stereocenters.